The summed E-state index contributed by atoms with van der Waals surface area (Å²) in [5.74, 6) is 7.41. The molecule has 0 aromatic rings. The first-order valence-electron chi connectivity index (χ1n) is 42.9. The molecule has 7 aliphatic carbocycles. The molecular formula is C84H144O21. The highest BCUT2D eigenvalue weighted by atomic mass is 16.8. The average molecular weight is 1490 g/mol. The van der Waals surface area contributed by atoms with E-state index >= 15 is 0 Å². The topological polar surface area (TPSA) is 257 Å². The number of carbonyl (C=O) groups is 8. The van der Waals surface area contributed by atoms with E-state index in [9.17, 15) is 38.4 Å². The van der Waals surface area contributed by atoms with Crippen molar-refractivity contribution in [1.82, 2.24) is 0 Å². The van der Waals surface area contributed by atoms with Gasteiger partial charge in [-0.1, -0.05) is 144 Å². The van der Waals surface area contributed by atoms with Crippen LogP contribution >= 0.6 is 0 Å². The van der Waals surface area contributed by atoms with Crippen LogP contribution in [0.2, 0.25) is 0 Å². The summed E-state index contributed by atoms with van der Waals surface area (Å²) >= 11 is 0. The molecule has 0 radical (unpaired) electrons. The molecule has 1 spiro atoms. The molecule has 606 valence electrons. The number of rotatable bonds is 0. The minimum atomic E-state index is -0.326. The highest BCUT2D eigenvalue weighted by Gasteiger charge is 2.59. The molecule has 0 N–H and O–H groups in total. The number of fused-ring (bicyclic) bond motifs is 14. The predicted molar refractivity (Wildman–Crippen MR) is 399 cm³/mol. The molecule has 0 aromatic carbocycles. The van der Waals surface area contributed by atoms with E-state index in [1.165, 1.54) is 64.2 Å². The Kier molecular flexibility index (Phi) is 40.7. The van der Waals surface area contributed by atoms with Gasteiger partial charge in [-0.2, -0.15) is 0 Å². The van der Waals surface area contributed by atoms with Crippen molar-refractivity contribution < 1.29 is 99.9 Å². The first-order valence-corrected chi connectivity index (χ1v) is 42.9. The van der Waals surface area contributed by atoms with Gasteiger partial charge in [0.25, 0.3) is 0 Å². The summed E-state index contributed by atoms with van der Waals surface area (Å²) in [7, 11) is 0. The Morgan fingerprint density at radius 2 is 0.924 bits per heavy atom. The molecule has 22 unspecified atom stereocenters. The van der Waals surface area contributed by atoms with Crippen LogP contribution in [0.1, 0.15) is 298 Å². The van der Waals surface area contributed by atoms with Gasteiger partial charge in [0.05, 0.1) is 99.4 Å². The van der Waals surface area contributed by atoms with Gasteiger partial charge in [-0.15, -0.1) is 0 Å². The summed E-state index contributed by atoms with van der Waals surface area (Å²) in [6.45, 7) is 39.5. The zero-order valence-electron chi connectivity index (χ0n) is 68.3. The normalized spacial score (nSPS) is 38.9. The smallest absolute Gasteiger partial charge is 0.312 e. The Balaban J connectivity index is 0.000000209. The van der Waals surface area contributed by atoms with E-state index in [0.29, 0.717) is 87.0 Å². The highest BCUT2D eigenvalue weighted by molar-refractivity contribution is 5.77. The summed E-state index contributed by atoms with van der Waals surface area (Å²) in [4.78, 5) is 88.5. The van der Waals surface area contributed by atoms with Gasteiger partial charge < -0.3 is 61.6 Å². The average Bonchev–Trinajstić information content (AvgIpc) is 1.63. The van der Waals surface area contributed by atoms with E-state index < -0.39 is 0 Å². The molecule has 15 saturated heterocycles. The molecule has 22 rings (SSSR count). The third kappa shape index (κ3) is 23.6. The van der Waals surface area contributed by atoms with Crippen molar-refractivity contribution in [2.45, 2.75) is 359 Å². The fourth-order valence-electron chi connectivity index (χ4n) is 19.6. The van der Waals surface area contributed by atoms with Crippen molar-refractivity contribution >= 4 is 47.8 Å². The van der Waals surface area contributed by atoms with Crippen LogP contribution in [0.3, 0.4) is 0 Å². The van der Waals surface area contributed by atoms with Crippen molar-refractivity contribution in [2.75, 3.05) is 39.8 Å². The summed E-state index contributed by atoms with van der Waals surface area (Å²) in [6, 6.07) is 0. The van der Waals surface area contributed by atoms with Gasteiger partial charge >= 0.3 is 47.8 Å². The highest BCUT2D eigenvalue weighted by Crippen LogP contribution is 2.55. The van der Waals surface area contributed by atoms with Crippen molar-refractivity contribution in [3.63, 3.8) is 0 Å². The second-order valence-electron chi connectivity index (χ2n) is 29.3. The molecule has 21 nitrogen and oxygen atoms in total. The molecule has 22 aliphatic rings. The molecule has 105 heavy (non-hydrogen) atoms. The molecule has 15 aliphatic heterocycles. The molecular weight excluding hydrogens is 1340 g/mol. The van der Waals surface area contributed by atoms with Gasteiger partial charge in [0.2, 0.25) is 0 Å². The number of carbonyl (C=O) groups excluding carboxylic acids is 8. The minimum Gasteiger partial charge on any atom is -0.465 e. The van der Waals surface area contributed by atoms with Crippen LogP contribution in [0.15, 0.2) is 0 Å². The lowest BCUT2D eigenvalue weighted by molar-refractivity contribution is -0.161. The molecule has 22 fully saturated rings. The van der Waals surface area contributed by atoms with Gasteiger partial charge in [0.15, 0.2) is 25.3 Å². The second kappa shape index (κ2) is 46.9. The van der Waals surface area contributed by atoms with Crippen molar-refractivity contribution in [1.29, 1.82) is 0 Å². The quantitative estimate of drug-likeness (QED) is 0.161. The summed E-state index contributed by atoms with van der Waals surface area (Å²) in [6.07, 6.45) is 30.4. The summed E-state index contributed by atoms with van der Waals surface area (Å²) in [5, 5.41) is 0. The zero-order valence-corrected chi connectivity index (χ0v) is 68.3. The number of cyclic esters (lactones) is 5. The Morgan fingerprint density at radius 1 is 0.333 bits per heavy atom. The van der Waals surface area contributed by atoms with Gasteiger partial charge in [-0.05, 0) is 177 Å². The van der Waals surface area contributed by atoms with Crippen LogP contribution < -0.4 is 0 Å². The number of ether oxygens (including phenoxy) is 13. The van der Waals surface area contributed by atoms with Crippen LogP contribution in [0, 0.1) is 88.8 Å². The summed E-state index contributed by atoms with van der Waals surface area (Å²) < 4.78 is 67.7. The maximum absolute atomic E-state index is 11.4. The van der Waals surface area contributed by atoms with Crippen LogP contribution in [0.5, 0.6) is 0 Å². The van der Waals surface area contributed by atoms with E-state index in [4.69, 9.17) is 61.6 Å². The number of hydrogen-bond acceptors (Lipinski definition) is 21. The summed E-state index contributed by atoms with van der Waals surface area (Å²) in [5.41, 5.74) is -0.00463. The second-order valence-corrected chi connectivity index (χ2v) is 29.3. The largest absolute Gasteiger partial charge is 0.465 e. The lowest BCUT2D eigenvalue weighted by Crippen LogP contribution is -2.41. The zero-order chi connectivity index (χ0) is 77.5. The maximum atomic E-state index is 11.4. The van der Waals surface area contributed by atoms with Crippen LogP contribution in [-0.2, 0) is 99.9 Å². The van der Waals surface area contributed by atoms with E-state index in [1.54, 1.807) is 0 Å². The van der Waals surface area contributed by atoms with Gasteiger partial charge in [-0.25, -0.2) is 0 Å². The Labute approximate surface area is 632 Å². The van der Waals surface area contributed by atoms with Crippen molar-refractivity contribution in [3.8, 4) is 0 Å². The van der Waals surface area contributed by atoms with Gasteiger partial charge in [0.1, 0.15) is 17.8 Å². The molecule has 21 heteroatoms. The standard InChI is InChI=1S/C10H14O2.C9H12O2.C9H14O2.2C8H10O3.C8H12O2.C7H8O5.C7H10O2.9C2H6/c11-10-8-2-6-1-7(3-8)5-9(4-6)12-10;10-9-8-3-5-1-6(4-11-9)7(8)2-5;10-8-4-7-9(11-8)5-2-1-3-6-9;9-8-6-2-5-1-4(3-10-8)7(6)11-5;9-8-7-4(3-10-8)5-1-2-6(7)11-5;9-8-7-3-1-2-6(4-7)5-10-8;8-4-1-3-5(12-4)6-7(11-3)10-2-9-6;8-7-6-3-1-2-5(6)4-9-7;9*1-2/h6-9H,1-5H2;5-8H,1-4H2;1-7H2;2*4-7H,1-3H2;6-7H,1-5H2;3,5-7H,1-2H2;5-6H,1-4H2;9*1-2H3. The number of esters is 8. The number of hydrogen-bond donors (Lipinski definition) is 0. The Hall–Kier alpha value is -4.44. The van der Waals surface area contributed by atoms with E-state index in [0.717, 1.165) is 127 Å². The lowest BCUT2D eigenvalue weighted by Gasteiger charge is -2.35. The minimum absolute atomic E-state index is 0.00463. The predicted octanol–water partition coefficient (Wildman–Crippen LogP) is 16.6. The molecule has 7 saturated carbocycles. The Bertz CT molecular complexity index is 2530. The van der Waals surface area contributed by atoms with Gasteiger partial charge in [-0.3, -0.25) is 38.4 Å². The third-order valence-corrected chi connectivity index (χ3v) is 23.8. The fourth-order valence-corrected chi connectivity index (χ4v) is 19.6. The lowest BCUT2D eigenvalue weighted by atomic mass is 9.68. The molecule has 15 heterocycles. The molecule has 0 amide bonds. The fraction of sp³-hybridized carbons (Fsp3) is 0.905. The molecule has 0 aromatic heterocycles. The monoisotopic (exact) mass is 1490 g/mol. The van der Waals surface area contributed by atoms with E-state index in [2.05, 4.69) is 0 Å². The Morgan fingerprint density at radius 3 is 1.52 bits per heavy atom. The third-order valence-electron chi connectivity index (χ3n) is 23.8. The van der Waals surface area contributed by atoms with Crippen LogP contribution in [0.25, 0.3) is 0 Å². The maximum Gasteiger partial charge on any atom is 0.312 e. The van der Waals surface area contributed by atoms with Crippen molar-refractivity contribution in [3.05, 3.63) is 0 Å². The van der Waals surface area contributed by atoms with Gasteiger partial charge in [0, 0.05) is 24.2 Å². The SMILES string of the molecule is CC.CC.CC.CC.CC.CC.CC.CC.CC.O=C1CC2OC3OCOC3C2O1.O=C1CCC2(CCCCC2)O1.O=C1OC2CC3CC(C2)CC1C3.O=C1OCC2C3CCC(O3)C12.O=C1OCC2CC3CC1C2C3.O=C1OCC2CC3CC1C2O3.O=C1OCC2CCCC12.O=C1OCC2CCCC1C2. The molecule has 12 bridgehead atoms. The van der Waals surface area contributed by atoms with Crippen LogP contribution in [-0.4, -0.2) is 148 Å². The van der Waals surface area contributed by atoms with Crippen molar-refractivity contribution in [2.24, 2.45) is 88.8 Å². The first kappa shape index (κ1) is 91.2. The first-order chi connectivity index (χ1) is 51.2. The van der Waals surface area contributed by atoms with E-state index in [1.807, 2.05) is 125 Å². The van der Waals surface area contributed by atoms with E-state index in [-0.39, 0.29) is 133 Å². The van der Waals surface area contributed by atoms with Crippen LogP contribution in [0.4, 0.5) is 0 Å². The molecule has 22 atom stereocenters.